The number of benzene rings is 1. The fraction of sp³-hybridized carbons (Fsp3) is 0.471. The molecule has 1 aliphatic rings. The molecule has 0 aromatic heterocycles. The van der Waals surface area contributed by atoms with Crippen molar-refractivity contribution < 1.29 is 4.79 Å². The normalized spacial score (nSPS) is 20.6. The minimum absolute atomic E-state index is 0.0792. The van der Waals surface area contributed by atoms with Gasteiger partial charge < -0.3 is 0 Å². The molecule has 0 aliphatic carbocycles. The first kappa shape index (κ1) is 19.7. The highest BCUT2D eigenvalue weighted by Gasteiger charge is 2.26. The summed E-state index contributed by atoms with van der Waals surface area (Å²) in [4.78, 5) is 12.4. The molecular weight excluding hydrogens is 381 g/mol. The van der Waals surface area contributed by atoms with Crippen LogP contribution in [0, 0.1) is 0 Å². The first-order valence-corrected chi connectivity index (χ1v) is 12.9. The molecule has 0 N–H and O–H groups in total. The molecule has 23 heavy (non-hydrogen) atoms. The molecule has 1 aromatic rings. The molecule has 1 heterocycles. The average molecular weight is 403 g/mol. The van der Waals surface area contributed by atoms with Crippen molar-refractivity contribution in [1.29, 1.82) is 0 Å². The van der Waals surface area contributed by atoms with Gasteiger partial charge in [0.2, 0.25) is 5.12 Å². The molecule has 1 nitrogen and oxygen atoms in total. The van der Waals surface area contributed by atoms with Gasteiger partial charge in [0.15, 0.2) is 0 Å². The Labute approximate surface area is 161 Å². The van der Waals surface area contributed by atoms with E-state index in [4.69, 9.17) is 0 Å². The Bertz CT molecular complexity index is 502. The summed E-state index contributed by atoms with van der Waals surface area (Å²) in [6.45, 7) is 3.48. The highest BCUT2D eigenvalue weighted by Crippen LogP contribution is 2.50. The Balaban J connectivity index is 1.61. The standard InChI is InChI=1S/C17H22OS5/c1-3-16(18)22-12-20-10-4-5-15-11-21-17(23-15)13-6-8-14(19-2)9-7-13/h3,6-9,15,17H,1,4-5,10-12H2,2H3. The Morgan fingerprint density at radius 1 is 1.39 bits per heavy atom. The number of thioether (sulfide) groups is 5. The number of carbonyl (C=O) groups is 1. The molecule has 6 heteroatoms. The number of hydrogen-bond donors (Lipinski definition) is 0. The van der Waals surface area contributed by atoms with E-state index in [9.17, 15) is 4.79 Å². The Morgan fingerprint density at radius 3 is 2.87 bits per heavy atom. The summed E-state index contributed by atoms with van der Waals surface area (Å²) in [7, 11) is 0. The quantitative estimate of drug-likeness (QED) is 0.211. The van der Waals surface area contributed by atoms with Crippen LogP contribution in [0.25, 0.3) is 0 Å². The van der Waals surface area contributed by atoms with E-state index in [0.29, 0.717) is 4.58 Å². The van der Waals surface area contributed by atoms with E-state index in [2.05, 4.69) is 60.6 Å². The highest BCUT2D eigenvalue weighted by atomic mass is 32.2. The van der Waals surface area contributed by atoms with E-state index in [-0.39, 0.29) is 5.12 Å². The van der Waals surface area contributed by atoms with Gasteiger partial charge in [-0.2, -0.15) is 11.8 Å². The van der Waals surface area contributed by atoms with Gasteiger partial charge in [-0.25, -0.2) is 0 Å². The van der Waals surface area contributed by atoms with Crippen molar-refractivity contribution in [3.8, 4) is 0 Å². The van der Waals surface area contributed by atoms with Crippen LogP contribution in [-0.4, -0.2) is 33.2 Å². The summed E-state index contributed by atoms with van der Waals surface area (Å²) in [6.07, 6.45) is 6.03. The number of rotatable bonds is 9. The minimum atomic E-state index is 0.0792. The van der Waals surface area contributed by atoms with Crippen LogP contribution in [0.3, 0.4) is 0 Å². The third-order valence-corrected chi connectivity index (χ3v) is 9.74. The summed E-state index contributed by atoms with van der Waals surface area (Å²) >= 11 is 9.21. The predicted octanol–water partition coefficient (Wildman–Crippen LogP) is 6.17. The second-order valence-electron chi connectivity index (χ2n) is 5.03. The van der Waals surface area contributed by atoms with E-state index in [1.54, 1.807) is 11.8 Å². The van der Waals surface area contributed by atoms with Crippen LogP contribution < -0.4 is 0 Å². The van der Waals surface area contributed by atoms with Gasteiger partial charge in [0, 0.05) is 21.0 Å². The molecule has 0 saturated carbocycles. The van der Waals surface area contributed by atoms with Crippen LogP contribution in [0.5, 0.6) is 0 Å². The van der Waals surface area contributed by atoms with E-state index >= 15 is 0 Å². The Kier molecular flexibility index (Phi) is 9.49. The third-order valence-electron chi connectivity index (χ3n) is 3.40. The second kappa shape index (κ2) is 11.1. The molecule has 1 fully saturated rings. The largest absolute Gasteiger partial charge is 0.282 e. The molecule has 1 aliphatic heterocycles. The lowest BCUT2D eigenvalue weighted by atomic mass is 10.2. The molecule has 126 valence electrons. The molecule has 2 unspecified atom stereocenters. The SMILES string of the molecule is C=CC(=O)SCSCCCC1CSC(c2ccc(SC)cc2)S1. The molecule has 1 saturated heterocycles. The van der Waals surface area contributed by atoms with Crippen molar-refractivity contribution >= 4 is 63.9 Å². The van der Waals surface area contributed by atoms with Gasteiger partial charge in [-0.3, -0.25) is 4.79 Å². The lowest BCUT2D eigenvalue weighted by Crippen LogP contribution is -2.01. The second-order valence-corrected chi connectivity index (χ2v) is 11.2. The summed E-state index contributed by atoms with van der Waals surface area (Å²) in [5.41, 5.74) is 1.45. The Morgan fingerprint density at radius 2 is 2.17 bits per heavy atom. The van der Waals surface area contributed by atoms with E-state index < -0.39 is 0 Å². The maximum atomic E-state index is 11.1. The summed E-state index contributed by atoms with van der Waals surface area (Å²) in [6, 6.07) is 9.02. The number of hydrogen-bond acceptors (Lipinski definition) is 6. The zero-order valence-corrected chi connectivity index (χ0v) is 17.3. The lowest BCUT2D eigenvalue weighted by Gasteiger charge is -2.11. The molecule has 1 aromatic carbocycles. The maximum Gasteiger partial charge on any atom is 0.212 e. The molecule has 2 atom stereocenters. The van der Waals surface area contributed by atoms with Crippen molar-refractivity contribution in [3.63, 3.8) is 0 Å². The van der Waals surface area contributed by atoms with Gasteiger partial charge in [-0.1, -0.05) is 30.5 Å². The first-order chi connectivity index (χ1) is 11.2. The minimum Gasteiger partial charge on any atom is -0.282 e. The highest BCUT2D eigenvalue weighted by molar-refractivity contribution is 8.24. The zero-order valence-electron chi connectivity index (χ0n) is 13.2. The Hall–Kier alpha value is 0.380. The first-order valence-electron chi connectivity index (χ1n) is 7.51. The summed E-state index contributed by atoms with van der Waals surface area (Å²) in [5.74, 6) is 2.40. The van der Waals surface area contributed by atoms with Gasteiger partial charge in [-0.05, 0) is 48.6 Å². The van der Waals surface area contributed by atoms with Crippen molar-refractivity contribution in [1.82, 2.24) is 0 Å². The van der Waals surface area contributed by atoms with Crippen LogP contribution >= 0.6 is 58.8 Å². The fourth-order valence-electron chi connectivity index (χ4n) is 2.17. The topological polar surface area (TPSA) is 17.1 Å². The van der Waals surface area contributed by atoms with Crippen molar-refractivity contribution in [2.45, 2.75) is 27.6 Å². The average Bonchev–Trinajstić information content (AvgIpc) is 3.06. The van der Waals surface area contributed by atoms with Crippen LogP contribution in [-0.2, 0) is 4.79 Å². The molecule has 0 spiro atoms. The van der Waals surface area contributed by atoms with E-state index in [1.807, 2.05) is 11.8 Å². The van der Waals surface area contributed by atoms with E-state index in [0.717, 1.165) is 16.1 Å². The molecule has 0 amide bonds. The molecule has 0 radical (unpaired) electrons. The van der Waals surface area contributed by atoms with Gasteiger partial charge in [-0.15, -0.1) is 35.3 Å². The molecule has 0 bridgehead atoms. The van der Waals surface area contributed by atoms with Gasteiger partial charge in [0.1, 0.15) is 0 Å². The molecule has 2 rings (SSSR count). The maximum absolute atomic E-state index is 11.1. The van der Waals surface area contributed by atoms with Crippen molar-refractivity contribution in [2.24, 2.45) is 0 Å². The zero-order chi connectivity index (χ0) is 16.5. The van der Waals surface area contributed by atoms with E-state index in [1.165, 1.54) is 46.9 Å². The van der Waals surface area contributed by atoms with Gasteiger partial charge in [0.25, 0.3) is 0 Å². The summed E-state index contributed by atoms with van der Waals surface area (Å²) < 4.78 is 0.601. The summed E-state index contributed by atoms with van der Waals surface area (Å²) in [5, 5.41) is 1.70. The van der Waals surface area contributed by atoms with Gasteiger partial charge in [0.05, 0.1) is 4.58 Å². The fourth-order valence-corrected chi connectivity index (χ4v) is 7.78. The van der Waals surface area contributed by atoms with Crippen molar-refractivity contribution in [2.75, 3.05) is 22.8 Å². The van der Waals surface area contributed by atoms with Gasteiger partial charge >= 0.3 is 0 Å². The molecular formula is C17H22OS5. The van der Waals surface area contributed by atoms with Crippen LogP contribution in [0.2, 0.25) is 0 Å². The smallest absolute Gasteiger partial charge is 0.212 e. The number of carbonyl (C=O) groups excluding carboxylic acids is 1. The third kappa shape index (κ3) is 7.02. The lowest BCUT2D eigenvalue weighted by molar-refractivity contribution is -0.107. The van der Waals surface area contributed by atoms with Crippen molar-refractivity contribution in [3.05, 3.63) is 42.5 Å². The monoisotopic (exact) mass is 402 g/mol. The van der Waals surface area contributed by atoms with Crippen LogP contribution in [0.15, 0.2) is 41.8 Å². The van der Waals surface area contributed by atoms with Crippen LogP contribution in [0.4, 0.5) is 0 Å². The van der Waals surface area contributed by atoms with Crippen LogP contribution in [0.1, 0.15) is 23.0 Å². The predicted molar refractivity (Wildman–Crippen MR) is 114 cm³/mol.